The molecule has 0 fully saturated rings. The van der Waals surface area contributed by atoms with Crippen LogP contribution in [0.15, 0.2) is 84.9 Å². The van der Waals surface area contributed by atoms with E-state index in [9.17, 15) is 9.59 Å². The minimum atomic E-state index is -0.650. The number of carbonyl (C=O) groups is 2. The number of hydrogen-bond donors (Lipinski definition) is 0. The van der Waals surface area contributed by atoms with Crippen LogP contribution < -0.4 is 4.74 Å². The highest BCUT2D eigenvalue weighted by Crippen LogP contribution is 2.42. The number of nitrogens with zero attached hydrogens (tertiary/aromatic N) is 1. The Labute approximate surface area is 248 Å². The number of hydrogen-bond acceptors (Lipinski definition) is 5. The number of aryl methyl sites for hydroxylation is 1. The van der Waals surface area contributed by atoms with Crippen LogP contribution in [0, 0.1) is 6.92 Å². The van der Waals surface area contributed by atoms with Gasteiger partial charge in [0.15, 0.2) is 0 Å². The van der Waals surface area contributed by atoms with Crippen molar-refractivity contribution in [2.24, 2.45) is 0 Å². The molecular formula is C36H39NO5. The Kier molecular flexibility index (Phi) is 8.26. The van der Waals surface area contributed by atoms with E-state index in [0.717, 1.165) is 38.8 Å². The maximum absolute atomic E-state index is 13.8. The molecule has 42 heavy (non-hydrogen) atoms. The number of amides is 1. The summed E-state index contributed by atoms with van der Waals surface area (Å²) in [6.45, 7) is 9.93. The Hall–Kier alpha value is -4.32. The van der Waals surface area contributed by atoms with E-state index in [-0.39, 0.29) is 30.1 Å². The molecule has 3 unspecified atom stereocenters. The van der Waals surface area contributed by atoms with Crippen LogP contribution in [0.5, 0.6) is 5.75 Å². The highest BCUT2D eigenvalue weighted by Gasteiger charge is 2.35. The molecular weight excluding hydrogens is 526 g/mol. The Morgan fingerprint density at radius 1 is 0.976 bits per heavy atom. The van der Waals surface area contributed by atoms with Gasteiger partial charge in [-0.2, -0.15) is 0 Å². The van der Waals surface area contributed by atoms with Gasteiger partial charge in [0.1, 0.15) is 17.5 Å². The average molecular weight is 566 g/mol. The third-order valence-corrected chi connectivity index (χ3v) is 7.93. The molecule has 0 N–H and O–H groups in total. The SMILES string of the molecule is COC(=O)c1cc(C2CC(CN(C(=O)OC(C)(C)C)C(C)c3cccc4ccccc34)Oc3ccccc32)ccc1C. The van der Waals surface area contributed by atoms with Crippen molar-refractivity contribution in [3.8, 4) is 5.75 Å². The van der Waals surface area contributed by atoms with Gasteiger partial charge in [0.2, 0.25) is 0 Å². The monoisotopic (exact) mass is 565 g/mol. The van der Waals surface area contributed by atoms with Gasteiger partial charge >= 0.3 is 12.1 Å². The lowest BCUT2D eigenvalue weighted by atomic mass is 9.83. The molecule has 1 aliphatic rings. The molecule has 3 atom stereocenters. The first-order valence-corrected chi connectivity index (χ1v) is 14.5. The van der Waals surface area contributed by atoms with Crippen molar-refractivity contribution in [2.45, 2.75) is 64.7 Å². The highest BCUT2D eigenvalue weighted by molar-refractivity contribution is 5.91. The average Bonchev–Trinajstić information content (AvgIpc) is 2.97. The molecule has 0 bridgehead atoms. The van der Waals surface area contributed by atoms with Crippen LogP contribution in [0.4, 0.5) is 4.79 Å². The first-order valence-electron chi connectivity index (χ1n) is 14.5. The Morgan fingerprint density at radius 2 is 1.69 bits per heavy atom. The van der Waals surface area contributed by atoms with Gasteiger partial charge in [-0.15, -0.1) is 0 Å². The first-order chi connectivity index (χ1) is 20.1. The lowest BCUT2D eigenvalue weighted by Gasteiger charge is -2.38. The van der Waals surface area contributed by atoms with Crippen molar-refractivity contribution < 1.29 is 23.8 Å². The molecule has 5 rings (SSSR count). The molecule has 0 radical (unpaired) electrons. The van der Waals surface area contributed by atoms with Crippen LogP contribution in [0.3, 0.4) is 0 Å². The van der Waals surface area contributed by atoms with Gasteiger partial charge in [0, 0.05) is 11.5 Å². The molecule has 1 aliphatic heterocycles. The van der Waals surface area contributed by atoms with Crippen molar-refractivity contribution in [1.82, 2.24) is 4.90 Å². The van der Waals surface area contributed by atoms with E-state index in [2.05, 4.69) is 36.4 Å². The zero-order valence-electron chi connectivity index (χ0n) is 25.2. The lowest BCUT2D eigenvalue weighted by molar-refractivity contribution is 0.00569. The second-order valence-electron chi connectivity index (χ2n) is 12.0. The van der Waals surface area contributed by atoms with Crippen LogP contribution in [0.2, 0.25) is 0 Å². The summed E-state index contributed by atoms with van der Waals surface area (Å²) in [5.41, 5.74) is 3.88. The molecule has 0 saturated carbocycles. The minimum Gasteiger partial charge on any atom is -0.488 e. The van der Waals surface area contributed by atoms with Crippen LogP contribution in [0.1, 0.15) is 78.7 Å². The Morgan fingerprint density at radius 3 is 2.45 bits per heavy atom. The summed E-state index contributed by atoms with van der Waals surface area (Å²) in [6.07, 6.45) is -0.0645. The summed E-state index contributed by atoms with van der Waals surface area (Å²) in [7, 11) is 1.40. The molecule has 1 heterocycles. The number of rotatable bonds is 6. The number of fused-ring (bicyclic) bond motifs is 2. The van der Waals surface area contributed by atoms with E-state index in [1.807, 2.05) is 83.1 Å². The van der Waals surface area contributed by atoms with Gasteiger partial charge < -0.3 is 14.2 Å². The van der Waals surface area contributed by atoms with Crippen molar-refractivity contribution in [1.29, 1.82) is 0 Å². The van der Waals surface area contributed by atoms with Gasteiger partial charge in [-0.3, -0.25) is 4.90 Å². The summed E-state index contributed by atoms with van der Waals surface area (Å²) >= 11 is 0. The number of esters is 1. The van der Waals surface area contributed by atoms with Gasteiger partial charge in [0.05, 0.1) is 25.3 Å². The van der Waals surface area contributed by atoms with Crippen LogP contribution in [0.25, 0.3) is 10.8 Å². The standard InChI is InChI=1S/C36H39NO5/c1-23-18-19-26(20-31(23)34(38)40-6)32-21-27(41-33-17-10-9-15-30(32)33)22-37(35(39)42-36(3,4)5)24(2)28-16-11-13-25-12-7-8-14-29(25)28/h7-20,24,27,32H,21-22H2,1-6H3. The van der Waals surface area contributed by atoms with Crippen LogP contribution in [-0.4, -0.2) is 42.3 Å². The number of ether oxygens (including phenoxy) is 3. The molecule has 6 heteroatoms. The quantitative estimate of drug-likeness (QED) is 0.220. The largest absolute Gasteiger partial charge is 0.488 e. The predicted molar refractivity (Wildman–Crippen MR) is 165 cm³/mol. The summed E-state index contributed by atoms with van der Waals surface area (Å²) < 4.78 is 17.5. The van der Waals surface area contributed by atoms with Crippen LogP contribution in [-0.2, 0) is 9.47 Å². The maximum Gasteiger partial charge on any atom is 0.410 e. The van der Waals surface area contributed by atoms with Gasteiger partial charge in [-0.25, -0.2) is 9.59 Å². The molecule has 4 aromatic rings. The van der Waals surface area contributed by atoms with Crippen molar-refractivity contribution in [2.75, 3.05) is 13.7 Å². The van der Waals surface area contributed by atoms with E-state index in [1.54, 1.807) is 4.90 Å². The molecule has 218 valence electrons. The third kappa shape index (κ3) is 6.13. The van der Waals surface area contributed by atoms with E-state index in [1.165, 1.54) is 7.11 Å². The zero-order chi connectivity index (χ0) is 30.0. The fourth-order valence-electron chi connectivity index (χ4n) is 5.82. The second-order valence-corrected chi connectivity index (χ2v) is 12.0. The second kappa shape index (κ2) is 11.9. The number of para-hydroxylation sites is 1. The maximum atomic E-state index is 13.8. The summed E-state index contributed by atoms with van der Waals surface area (Å²) in [6, 6.07) is 28.1. The van der Waals surface area contributed by atoms with Crippen molar-refractivity contribution >= 4 is 22.8 Å². The number of benzene rings is 4. The van der Waals surface area contributed by atoms with E-state index in [4.69, 9.17) is 14.2 Å². The highest BCUT2D eigenvalue weighted by atomic mass is 16.6. The third-order valence-electron chi connectivity index (χ3n) is 7.93. The fraction of sp³-hybridized carbons (Fsp3) is 0.333. The number of methoxy groups -OCH3 is 1. The molecule has 6 nitrogen and oxygen atoms in total. The Balaban J connectivity index is 1.51. The summed E-state index contributed by atoms with van der Waals surface area (Å²) in [4.78, 5) is 28.1. The smallest absolute Gasteiger partial charge is 0.410 e. The predicted octanol–water partition coefficient (Wildman–Crippen LogP) is 8.22. The molecule has 0 spiro atoms. The van der Waals surface area contributed by atoms with Gasteiger partial charge in [-0.05, 0) is 80.6 Å². The van der Waals surface area contributed by atoms with Gasteiger partial charge in [-0.1, -0.05) is 72.8 Å². The van der Waals surface area contributed by atoms with Crippen LogP contribution >= 0.6 is 0 Å². The molecule has 0 aromatic heterocycles. The van der Waals surface area contributed by atoms with E-state index >= 15 is 0 Å². The van der Waals surface area contributed by atoms with Crippen molar-refractivity contribution in [3.63, 3.8) is 0 Å². The Bertz CT molecular complexity index is 1600. The lowest BCUT2D eigenvalue weighted by Crippen LogP contribution is -2.45. The summed E-state index contributed by atoms with van der Waals surface area (Å²) in [5.74, 6) is 0.393. The molecule has 0 saturated heterocycles. The first kappa shape index (κ1) is 29.2. The minimum absolute atomic E-state index is 0.0303. The zero-order valence-corrected chi connectivity index (χ0v) is 25.2. The fourth-order valence-corrected chi connectivity index (χ4v) is 5.82. The van der Waals surface area contributed by atoms with E-state index in [0.29, 0.717) is 18.5 Å². The normalized spacial score (nSPS) is 17.1. The number of carbonyl (C=O) groups excluding carboxylic acids is 2. The molecule has 0 aliphatic carbocycles. The summed E-state index contributed by atoms with van der Waals surface area (Å²) in [5, 5.41) is 2.22. The van der Waals surface area contributed by atoms with E-state index < -0.39 is 5.60 Å². The molecule has 4 aromatic carbocycles. The molecule has 1 amide bonds. The topological polar surface area (TPSA) is 65.1 Å². The van der Waals surface area contributed by atoms with Crippen molar-refractivity contribution in [3.05, 3.63) is 113 Å². The van der Waals surface area contributed by atoms with Gasteiger partial charge in [0.25, 0.3) is 0 Å².